The van der Waals surface area contributed by atoms with E-state index in [1.54, 1.807) is 17.5 Å². The van der Waals surface area contributed by atoms with Crippen LogP contribution in [0.25, 0.3) is 11.1 Å². The standard InChI is InChI=1S/C11H8N4OS/c1-2-4-9-8(3-1)14-11(16-9)15-13-7-10-12-5-6-17-10/h1-6H,7H2. The van der Waals surface area contributed by atoms with E-state index in [4.69, 9.17) is 4.42 Å². The Labute approximate surface area is 101 Å². The second kappa shape index (κ2) is 4.42. The summed E-state index contributed by atoms with van der Waals surface area (Å²) < 4.78 is 5.40. The predicted octanol–water partition coefficient (Wildman–Crippen LogP) is 3.57. The second-order valence-corrected chi connectivity index (χ2v) is 4.27. The molecule has 0 aliphatic carbocycles. The smallest absolute Gasteiger partial charge is 0.341 e. The van der Waals surface area contributed by atoms with E-state index in [9.17, 15) is 0 Å². The van der Waals surface area contributed by atoms with Crippen LogP contribution in [0.2, 0.25) is 0 Å². The van der Waals surface area contributed by atoms with Gasteiger partial charge in [0.1, 0.15) is 17.1 Å². The van der Waals surface area contributed by atoms with Crippen LogP contribution in [-0.4, -0.2) is 9.97 Å². The highest BCUT2D eigenvalue weighted by molar-refractivity contribution is 7.09. The van der Waals surface area contributed by atoms with Crippen LogP contribution >= 0.6 is 11.3 Å². The highest BCUT2D eigenvalue weighted by Gasteiger charge is 2.02. The third-order valence-corrected chi connectivity index (χ3v) is 2.89. The zero-order valence-electron chi connectivity index (χ0n) is 8.78. The van der Waals surface area contributed by atoms with Gasteiger partial charge in [0.05, 0.1) is 0 Å². The first-order valence-electron chi connectivity index (χ1n) is 5.03. The number of oxazole rings is 1. The number of azo groups is 1. The summed E-state index contributed by atoms with van der Waals surface area (Å²) in [6.07, 6.45) is 1.74. The summed E-state index contributed by atoms with van der Waals surface area (Å²) in [5.41, 5.74) is 1.51. The molecule has 0 fully saturated rings. The van der Waals surface area contributed by atoms with Crippen molar-refractivity contribution >= 4 is 28.5 Å². The Balaban J connectivity index is 1.78. The Hall–Kier alpha value is -2.08. The van der Waals surface area contributed by atoms with Crippen LogP contribution in [0.4, 0.5) is 6.01 Å². The monoisotopic (exact) mass is 244 g/mol. The van der Waals surface area contributed by atoms with Gasteiger partial charge in [0.25, 0.3) is 0 Å². The van der Waals surface area contributed by atoms with Crippen LogP contribution < -0.4 is 0 Å². The lowest BCUT2D eigenvalue weighted by molar-refractivity contribution is 0.602. The minimum atomic E-state index is 0.280. The van der Waals surface area contributed by atoms with E-state index in [-0.39, 0.29) is 6.01 Å². The zero-order chi connectivity index (χ0) is 11.5. The topological polar surface area (TPSA) is 63.6 Å². The quantitative estimate of drug-likeness (QED) is 0.661. The molecule has 6 heteroatoms. The molecule has 0 bridgehead atoms. The maximum Gasteiger partial charge on any atom is 0.341 e. The molecular formula is C11H8N4OS. The highest BCUT2D eigenvalue weighted by atomic mass is 32.1. The molecule has 3 rings (SSSR count). The molecule has 2 aromatic heterocycles. The van der Waals surface area contributed by atoms with Gasteiger partial charge in [-0.3, -0.25) is 0 Å². The molecule has 0 radical (unpaired) electrons. The number of hydrogen-bond donors (Lipinski definition) is 0. The third-order valence-electron chi connectivity index (χ3n) is 2.13. The fraction of sp³-hybridized carbons (Fsp3) is 0.0909. The van der Waals surface area contributed by atoms with E-state index in [1.807, 2.05) is 29.6 Å². The molecule has 5 nitrogen and oxygen atoms in total. The molecule has 0 saturated carbocycles. The Bertz CT molecular complexity index is 611. The van der Waals surface area contributed by atoms with Crippen LogP contribution in [0.3, 0.4) is 0 Å². The molecular weight excluding hydrogens is 236 g/mol. The SMILES string of the molecule is c1ccc2oc(N=NCc3nccs3)nc2c1. The van der Waals surface area contributed by atoms with Crippen molar-refractivity contribution in [2.75, 3.05) is 0 Å². The largest absolute Gasteiger partial charge is 0.421 e. The lowest BCUT2D eigenvalue weighted by Gasteiger charge is -1.84. The van der Waals surface area contributed by atoms with Crippen molar-refractivity contribution in [3.8, 4) is 0 Å². The fourth-order valence-corrected chi connectivity index (χ4v) is 1.92. The van der Waals surface area contributed by atoms with Crippen molar-refractivity contribution < 1.29 is 4.42 Å². The molecule has 17 heavy (non-hydrogen) atoms. The highest BCUT2D eigenvalue weighted by Crippen LogP contribution is 2.20. The molecule has 84 valence electrons. The van der Waals surface area contributed by atoms with Crippen molar-refractivity contribution in [2.45, 2.75) is 6.54 Å². The number of thiazole rings is 1. The van der Waals surface area contributed by atoms with Crippen molar-refractivity contribution in [1.29, 1.82) is 0 Å². The van der Waals surface area contributed by atoms with E-state index < -0.39 is 0 Å². The maximum atomic E-state index is 5.40. The van der Waals surface area contributed by atoms with Crippen LogP contribution in [0, 0.1) is 0 Å². The fourth-order valence-electron chi connectivity index (χ4n) is 1.39. The van der Waals surface area contributed by atoms with Crippen LogP contribution in [0.15, 0.2) is 50.5 Å². The van der Waals surface area contributed by atoms with Gasteiger partial charge in [-0.2, -0.15) is 10.1 Å². The first kappa shape index (κ1) is 10.1. The lowest BCUT2D eigenvalue weighted by Crippen LogP contribution is -1.75. The molecule has 0 amide bonds. The van der Waals surface area contributed by atoms with Gasteiger partial charge >= 0.3 is 6.01 Å². The summed E-state index contributed by atoms with van der Waals surface area (Å²) in [7, 11) is 0. The third kappa shape index (κ3) is 2.21. The van der Waals surface area contributed by atoms with Crippen molar-refractivity contribution in [2.24, 2.45) is 10.2 Å². The lowest BCUT2D eigenvalue weighted by atomic mass is 10.3. The Kier molecular flexibility index (Phi) is 2.63. The molecule has 0 N–H and O–H groups in total. The van der Waals surface area contributed by atoms with Gasteiger partial charge in [-0.15, -0.1) is 11.3 Å². The number of hydrogen-bond acceptors (Lipinski definition) is 6. The Morgan fingerprint density at radius 1 is 1.29 bits per heavy atom. The molecule has 0 aliphatic rings. The molecule has 3 aromatic rings. The van der Waals surface area contributed by atoms with Gasteiger partial charge in [-0.1, -0.05) is 17.2 Å². The van der Waals surface area contributed by atoms with E-state index in [0.29, 0.717) is 6.54 Å². The van der Waals surface area contributed by atoms with Crippen molar-refractivity contribution in [3.63, 3.8) is 0 Å². The number of rotatable bonds is 3. The summed E-state index contributed by atoms with van der Waals surface area (Å²) in [4.78, 5) is 8.29. The Morgan fingerprint density at radius 3 is 3.06 bits per heavy atom. The summed E-state index contributed by atoms with van der Waals surface area (Å²) in [5.74, 6) is 0. The number of nitrogens with zero attached hydrogens (tertiary/aromatic N) is 4. The first-order valence-corrected chi connectivity index (χ1v) is 5.91. The van der Waals surface area contributed by atoms with Gasteiger partial charge in [-0.25, -0.2) is 4.98 Å². The molecule has 0 saturated heterocycles. The van der Waals surface area contributed by atoms with Gasteiger partial charge < -0.3 is 4.42 Å². The normalized spacial score (nSPS) is 11.5. The van der Waals surface area contributed by atoms with Crippen LogP contribution in [0.5, 0.6) is 0 Å². The average molecular weight is 244 g/mol. The molecule has 1 aromatic carbocycles. The number of fused-ring (bicyclic) bond motifs is 1. The minimum Gasteiger partial charge on any atom is -0.421 e. The van der Waals surface area contributed by atoms with Crippen LogP contribution in [-0.2, 0) is 6.54 Å². The summed E-state index contributed by atoms with van der Waals surface area (Å²) in [5, 5.41) is 10.8. The van der Waals surface area contributed by atoms with Gasteiger partial charge in [0.15, 0.2) is 5.58 Å². The maximum absolute atomic E-state index is 5.40. The number of benzene rings is 1. The average Bonchev–Trinajstić information content (AvgIpc) is 2.96. The van der Waals surface area contributed by atoms with E-state index in [1.165, 1.54) is 0 Å². The summed E-state index contributed by atoms with van der Waals surface area (Å²) in [6, 6.07) is 7.80. The number of para-hydroxylation sites is 2. The number of aromatic nitrogens is 2. The summed E-state index contributed by atoms with van der Waals surface area (Å²) >= 11 is 1.55. The first-order chi connectivity index (χ1) is 8.42. The molecule has 2 heterocycles. The molecule has 0 aliphatic heterocycles. The predicted molar refractivity (Wildman–Crippen MR) is 64.3 cm³/mol. The van der Waals surface area contributed by atoms with Crippen molar-refractivity contribution in [3.05, 3.63) is 40.8 Å². The molecule has 0 atom stereocenters. The van der Waals surface area contributed by atoms with Gasteiger partial charge in [0.2, 0.25) is 0 Å². The Morgan fingerprint density at radius 2 is 2.24 bits per heavy atom. The van der Waals surface area contributed by atoms with E-state index in [0.717, 1.165) is 16.1 Å². The van der Waals surface area contributed by atoms with Crippen LogP contribution in [0.1, 0.15) is 5.01 Å². The summed E-state index contributed by atoms with van der Waals surface area (Å²) in [6.45, 7) is 0.455. The van der Waals surface area contributed by atoms with Gasteiger partial charge in [0, 0.05) is 11.6 Å². The molecule has 0 unspecified atom stereocenters. The van der Waals surface area contributed by atoms with Gasteiger partial charge in [-0.05, 0) is 12.1 Å². The minimum absolute atomic E-state index is 0.280. The molecule has 0 spiro atoms. The van der Waals surface area contributed by atoms with E-state index in [2.05, 4.69) is 20.2 Å². The second-order valence-electron chi connectivity index (χ2n) is 3.29. The zero-order valence-corrected chi connectivity index (χ0v) is 9.59. The van der Waals surface area contributed by atoms with Crippen molar-refractivity contribution in [1.82, 2.24) is 9.97 Å². The van der Waals surface area contributed by atoms with E-state index >= 15 is 0 Å².